The third-order valence-electron chi connectivity index (χ3n) is 4.98. The Morgan fingerprint density at radius 3 is 1.61 bits per heavy atom. The van der Waals surface area contributed by atoms with Crippen LogP contribution in [0, 0.1) is 5.92 Å². The van der Waals surface area contributed by atoms with Crippen LogP contribution in [0.5, 0.6) is 0 Å². The Balaban J connectivity index is 3.85. The van der Waals surface area contributed by atoms with E-state index in [1.54, 1.807) is 0 Å². The summed E-state index contributed by atoms with van der Waals surface area (Å²) in [4.78, 5) is 11.5. The summed E-state index contributed by atoms with van der Waals surface area (Å²) in [7, 11) is 5.88. The highest BCUT2D eigenvalue weighted by molar-refractivity contribution is 5.70. The van der Waals surface area contributed by atoms with Gasteiger partial charge in [-0.15, -0.1) is 0 Å². The summed E-state index contributed by atoms with van der Waals surface area (Å²) in [6.45, 7) is 4.36. The SMILES string of the molecule is CCCCCCCCCCCCC(CC)C(C(=O)[O-])[N+](C)(C)C. The summed E-state index contributed by atoms with van der Waals surface area (Å²) in [6.07, 6.45) is 15.2. The molecular formula is C20H41NO2. The largest absolute Gasteiger partial charge is 0.544 e. The molecule has 2 unspecified atom stereocenters. The molecule has 138 valence electrons. The van der Waals surface area contributed by atoms with Crippen molar-refractivity contribution in [3.8, 4) is 0 Å². The summed E-state index contributed by atoms with van der Waals surface area (Å²) in [5, 5.41) is 11.5. The maximum absolute atomic E-state index is 11.5. The molecule has 0 bridgehead atoms. The fourth-order valence-corrected chi connectivity index (χ4v) is 3.62. The number of quaternary nitrogens is 1. The quantitative estimate of drug-likeness (QED) is 0.335. The number of aliphatic carboxylic acids is 1. The Labute approximate surface area is 145 Å². The van der Waals surface area contributed by atoms with E-state index in [1.165, 1.54) is 57.8 Å². The van der Waals surface area contributed by atoms with Gasteiger partial charge in [0.1, 0.15) is 6.04 Å². The number of hydrogen-bond donors (Lipinski definition) is 0. The molecule has 0 aliphatic rings. The minimum absolute atomic E-state index is 0.231. The number of nitrogens with zero attached hydrogens (tertiary/aromatic N) is 1. The monoisotopic (exact) mass is 327 g/mol. The van der Waals surface area contributed by atoms with E-state index in [2.05, 4.69) is 13.8 Å². The first-order valence-corrected chi connectivity index (χ1v) is 9.86. The molecule has 3 nitrogen and oxygen atoms in total. The first-order chi connectivity index (χ1) is 10.8. The van der Waals surface area contributed by atoms with Gasteiger partial charge in [-0.25, -0.2) is 0 Å². The summed E-state index contributed by atoms with van der Waals surface area (Å²) < 4.78 is 0.457. The molecule has 2 atom stereocenters. The van der Waals surface area contributed by atoms with E-state index in [0.717, 1.165) is 19.3 Å². The predicted octanol–water partition coefficient (Wildman–Crippen LogP) is 4.15. The van der Waals surface area contributed by atoms with Crippen LogP contribution in [-0.4, -0.2) is 37.6 Å². The van der Waals surface area contributed by atoms with E-state index in [-0.39, 0.29) is 5.92 Å². The van der Waals surface area contributed by atoms with Gasteiger partial charge in [0.05, 0.1) is 27.1 Å². The Kier molecular flexibility index (Phi) is 12.5. The molecule has 0 aromatic carbocycles. The van der Waals surface area contributed by atoms with Crippen LogP contribution < -0.4 is 5.11 Å². The van der Waals surface area contributed by atoms with Crippen molar-refractivity contribution in [2.45, 2.75) is 96.9 Å². The van der Waals surface area contributed by atoms with Crippen molar-refractivity contribution in [1.82, 2.24) is 0 Å². The van der Waals surface area contributed by atoms with Crippen molar-refractivity contribution < 1.29 is 14.4 Å². The Hall–Kier alpha value is -0.570. The van der Waals surface area contributed by atoms with E-state index >= 15 is 0 Å². The number of carbonyl (C=O) groups excluding carboxylic acids is 1. The molecule has 0 aliphatic carbocycles. The zero-order chi connectivity index (χ0) is 17.7. The lowest BCUT2D eigenvalue weighted by Crippen LogP contribution is -2.58. The zero-order valence-electron chi connectivity index (χ0n) is 16.4. The average Bonchev–Trinajstić information content (AvgIpc) is 2.45. The van der Waals surface area contributed by atoms with Gasteiger partial charge < -0.3 is 14.4 Å². The number of unbranched alkanes of at least 4 members (excludes halogenated alkanes) is 9. The van der Waals surface area contributed by atoms with Crippen LogP contribution >= 0.6 is 0 Å². The molecule has 0 aromatic heterocycles. The van der Waals surface area contributed by atoms with Gasteiger partial charge in [-0.1, -0.05) is 78.1 Å². The molecule has 0 saturated heterocycles. The van der Waals surface area contributed by atoms with Crippen LogP contribution in [0.4, 0.5) is 0 Å². The van der Waals surface area contributed by atoms with Crippen molar-refractivity contribution in [2.75, 3.05) is 21.1 Å². The number of rotatable bonds is 15. The van der Waals surface area contributed by atoms with E-state index < -0.39 is 12.0 Å². The topological polar surface area (TPSA) is 40.1 Å². The van der Waals surface area contributed by atoms with Gasteiger partial charge in [-0.05, 0) is 12.8 Å². The van der Waals surface area contributed by atoms with Gasteiger partial charge in [0.15, 0.2) is 0 Å². The Morgan fingerprint density at radius 1 is 0.826 bits per heavy atom. The van der Waals surface area contributed by atoms with Crippen LogP contribution in [0.3, 0.4) is 0 Å². The number of likely N-dealkylation sites (N-methyl/N-ethyl adjacent to an activating group) is 1. The molecule has 0 fully saturated rings. The molecule has 0 N–H and O–H groups in total. The predicted molar refractivity (Wildman–Crippen MR) is 97.1 cm³/mol. The Morgan fingerprint density at radius 2 is 1.26 bits per heavy atom. The van der Waals surface area contributed by atoms with E-state index in [0.29, 0.717) is 4.48 Å². The summed E-state index contributed by atoms with van der Waals surface area (Å²) >= 11 is 0. The average molecular weight is 328 g/mol. The first kappa shape index (κ1) is 22.4. The molecule has 0 amide bonds. The second-order valence-electron chi connectivity index (χ2n) is 8.02. The second-order valence-corrected chi connectivity index (χ2v) is 8.02. The van der Waals surface area contributed by atoms with Crippen LogP contribution in [0.2, 0.25) is 0 Å². The minimum atomic E-state index is -0.892. The summed E-state index contributed by atoms with van der Waals surface area (Å²) in [6, 6.07) is -0.390. The molecule has 0 aliphatic heterocycles. The van der Waals surface area contributed by atoms with Gasteiger partial charge >= 0.3 is 0 Å². The molecule has 0 heterocycles. The zero-order valence-corrected chi connectivity index (χ0v) is 16.4. The lowest BCUT2D eigenvalue weighted by molar-refractivity contribution is -0.893. The number of carboxylic acids is 1. The Bertz CT molecular complexity index is 297. The van der Waals surface area contributed by atoms with Gasteiger partial charge in [-0.2, -0.15) is 0 Å². The molecule has 0 spiro atoms. The van der Waals surface area contributed by atoms with Crippen molar-refractivity contribution >= 4 is 5.97 Å². The number of hydrogen-bond acceptors (Lipinski definition) is 2. The highest BCUT2D eigenvalue weighted by Gasteiger charge is 2.32. The smallest absolute Gasteiger partial charge is 0.131 e. The van der Waals surface area contributed by atoms with Gasteiger partial charge in [0.25, 0.3) is 0 Å². The van der Waals surface area contributed by atoms with Crippen molar-refractivity contribution in [2.24, 2.45) is 5.92 Å². The van der Waals surface area contributed by atoms with Gasteiger partial charge in [0.2, 0.25) is 0 Å². The van der Waals surface area contributed by atoms with Crippen molar-refractivity contribution in [3.05, 3.63) is 0 Å². The third-order valence-corrected chi connectivity index (χ3v) is 4.98. The molecule has 23 heavy (non-hydrogen) atoms. The van der Waals surface area contributed by atoms with E-state index in [4.69, 9.17) is 0 Å². The lowest BCUT2D eigenvalue weighted by Gasteiger charge is -2.39. The van der Waals surface area contributed by atoms with Crippen LogP contribution in [0.15, 0.2) is 0 Å². The van der Waals surface area contributed by atoms with Crippen molar-refractivity contribution in [3.63, 3.8) is 0 Å². The maximum atomic E-state index is 11.5. The van der Waals surface area contributed by atoms with Crippen LogP contribution in [0.1, 0.15) is 90.9 Å². The minimum Gasteiger partial charge on any atom is -0.544 e. The van der Waals surface area contributed by atoms with Crippen LogP contribution in [-0.2, 0) is 4.79 Å². The molecule has 0 aromatic rings. The summed E-state index contributed by atoms with van der Waals surface area (Å²) in [5.41, 5.74) is 0. The molecule has 0 saturated carbocycles. The lowest BCUT2D eigenvalue weighted by atomic mass is 9.89. The van der Waals surface area contributed by atoms with Crippen molar-refractivity contribution in [1.29, 1.82) is 0 Å². The van der Waals surface area contributed by atoms with E-state index in [1.807, 2.05) is 21.1 Å². The maximum Gasteiger partial charge on any atom is 0.131 e. The number of carbonyl (C=O) groups is 1. The number of carboxylic acid groups (broad SMARTS) is 1. The molecular weight excluding hydrogens is 286 g/mol. The third kappa shape index (κ3) is 10.8. The standard InChI is InChI=1S/C20H41NO2/c1-6-8-9-10-11-12-13-14-15-16-17-18(7-2)19(20(22)23)21(3,4)5/h18-19H,6-17H2,1-5H3. The fourth-order valence-electron chi connectivity index (χ4n) is 3.62. The van der Waals surface area contributed by atoms with E-state index in [9.17, 15) is 9.90 Å². The normalized spacial score (nSPS) is 14.7. The van der Waals surface area contributed by atoms with Gasteiger partial charge in [0, 0.05) is 5.92 Å². The fraction of sp³-hybridized carbons (Fsp3) is 0.950. The van der Waals surface area contributed by atoms with Gasteiger partial charge in [-0.3, -0.25) is 0 Å². The van der Waals surface area contributed by atoms with Crippen LogP contribution in [0.25, 0.3) is 0 Å². The highest BCUT2D eigenvalue weighted by Crippen LogP contribution is 2.24. The highest BCUT2D eigenvalue weighted by atomic mass is 16.4. The molecule has 0 rings (SSSR count). The molecule has 0 radical (unpaired) electrons. The first-order valence-electron chi connectivity index (χ1n) is 9.86. The summed E-state index contributed by atoms with van der Waals surface area (Å²) in [5.74, 6) is -0.662. The second kappa shape index (κ2) is 12.8. The molecule has 3 heteroatoms.